The average Bonchev–Trinajstić information content (AvgIpc) is 2.79. The minimum absolute atomic E-state index is 0.0299. The number of carbonyl (C=O) groups excluding carboxylic acids is 1. The van der Waals surface area contributed by atoms with Crippen molar-refractivity contribution in [2.45, 2.75) is 18.9 Å². The molecule has 0 aliphatic carbocycles. The van der Waals surface area contributed by atoms with E-state index in [2.05, 4.69) is 21.2 Å². The molecule has 0 radical (unpaired) electrons. The van der Waals surface area contributed by atoms with E-state index in [4.69, 9.17) is 0 Å². The van der Waals surface area contributed by atoms with E-state index < -0.39 is 0 Å². The molecule has 2 N–H and O–H groups in total. The Hall–Kier alpha value is -0.910. The van der Waals surface area contributed by atoms with E-state index in [-0.39, 0.29) is 18.6 Å². The van der Waals surface area contributed by atoms with E-state index in [9.17, 15) is 9.90 Å². The van der Waals surface area contributed by atoms with Gasteiger partial charge in [0.25, 0.3) is 0 Å². The maximum Gasteiger partial charge on any atom is 0.238 e. The minimum Gasteiger partial charge on any atom is -0.395 e. The van der Waals surface area contributed by atoms with E-state index in [1.165, 1.54) is 0 Å². The first-order chi connectivity index (χ1) is 8.69. The number of nitrogens with one attached hydrogen (secondary N) is 1. The summed E-state index contributed by atoms with van der Waals surface area (Å²) in [5.74, 6) is -0.0299. The molecule has 1 atom stereocenters. The molecule has 18 heavy (non-hydrogen) atoms. The molecule has 1 aromatic carbocycles. The molecule has 1 aliphatic rings. The molecule has 1 saturated heterocycles. The lowest BCUT2D eigenvalue weighted by atomic mass is 10.2. The monoisotopic (exact) mass is 312 g/mol. The fourth-order valence-electron chi connectivity index (χ4n) is 2.23. The van der Waals surface area contributed by atoms with Crippen molar-refractivity contribution in [1.29, 1.82) is 0 Å². The Morgan fingerprint density at radius 2 is 2.17 bits per heavy atom. The van der Waals surface area contributed by atoms with Gasteiger partial charge in [0.1, 0.15) is 0 Å². The highest BCUT2D eigenvalue weighted by atomic mass is 79.9. The number of amides is 1. The van der Waals surface area contributed by atoms with E-state index in [1.807, 2.05) is 29.2 Å². The van der Waals surface area contributed by atoms with Crippen molar-refractivity contribution in [3.05, 3.63) is 28.7 Å². The number of rotatable bonds is 4. The number of aliphatic hydroxyl groups excluding tert-OH is 1. The molecule has 5 heteroatoms. The first kappa shape index (κ1) is 13.5. The second-order valence-electron chi connectivity index (χ2n) is 4.50. The summed E-state index contributed by atoms with van der Waals surface area (Å²) in [6.45, 7) is 1.37. The lowest BCUT2D eigenvalue weighted by Crippen LogP contribution is -2.38. The molecule has 0 unspecified atom stereocenters. The normalized spacial score (nSPS) is 20.0. The molecular weight excluding hydrogens is 296 g/mol. The Kier molecular flexibility index (Phi) is 4.74. The molecule has 0 aromatic heterocycles. The van der Waals surface area contributed by atoms with Crippen molar-refractivity contribution in [1.82, 2.24) is 4.90 Å². The molecule has 1 amide bonds. The van der Waals surface area contributed by atoms with Gasteiger partial charge in [0.05, 0.1) is 13.2 Å². The zero-order valence-electron chi connectivity index (χ0n) is 10.1. The van der Waals surface area contributed by atoms with Crippen LogP contribution in [0.4, 0.5) is 5.69 Å². The molecule has 1 heterocycles. The number of likely N-dealkylation sites (tertiary alicyclic amines) is 1. The van der Waals surface area contributed by atoms with Crippen LogP contribution in [0.15, 0.2) is 28.7 Å². The summed E-state index contributed by atoms with van der Waals surface area (Å²) in [4.78, 5) is 13.9. The summed E-state index contributed by atoms with van der Waals surface area (Å²) in [5.41, 5.74) is 0.794. The third kappa shape index (κ3) is 3.54. The Bertz CT molecular complexity index is 408. The van der Waals surface area contributed by atoms with Crippen molar-refractivity contribution < 1.29 is 9.90 Å². The van der Waals surface area contributed by atoms with Gasteiger partial charge in [-0.25, -0.2) is 0 Å². The van der Waals surface area contributed by atoms with Crippen LogP contribution in [0.2, 0.25) is 0 Å². The van der Waals surface area contributed by atoms with Crippen molar-refractivity contribution >= 4 is 27.5 Å². The van der Waals surface area contributed by atoms with Gasteiger partial charge in [0, 0.05) is 16.2 Å². The van der Waals surface area contributed by atoms with Crippen LogP contribution in [0.25, 0.3) is 0 Å². The molecule has 4 nitrogen and oxygen atoms in total. The largest absolute Gasteiger partial charge is 0.395 e. The smallest absolute Gasteiger partial charge is 0.238 e. The Balaban J connectivity index is 1.86. The van der Waals surface area contributed by atoms with Crippen LogP contribution in [0.3, 0.4) is 0 Å². The molecule has 0 bridgehead atoms. The number of benzene rings is 1. The third-order valence-corrected chi connectivity index (χ3v) is 3.71. The predicted octanol–water partition coefficient (Wildman–Crippen LogP) is 1.84. The van der Waals surface area contributed by atoms with Crippen LogP contribution < -0.4 is 5.32 Å². The Morgan fingerprint density at radius 3 is 2.83 bits per heavy atom. The molecule has 98 valence electrons. The summed E-state index contributed by atoms with van der Waals surface area (Å²) in [6, 6.07) is 7.63. The van der Waals surface area contributed by atoms with E-state index >= 15 is 0 Å². The van der Waals surface area contributed by atoms with Crippen LogP contribution in [-0.4, -0.2) is 41.7 Å². The summed E-state index contributed by atoms with van der Waals surface area (Å²) < 4.78 is 0.986. The van der Waals surface area contributed by atoms with Crippen LogP contribution in [0.5, 0.6) is 0 Å². The number of aliphatic hydroxyl groups is 1. The highest BCUT2D eigenvalue weighted by Gasteiger charge is 2.25. The number of anilines is 1. The van der Waals surface area contributed by atoms with Crippen molar-refractivity contribution in [3.63, 3.8) is 0 Å². The molecule has 1 aromatic rings. The van der Waals surface area contributed by atoms with Gasteiger partial charge in [-0.2, -0.15) is 0 Å². The number of carbonyl (C=O) groups is 1. The number of nitrogens with zero attached hydrogens (tertiary/aromatic N) is 1. The molecule has 0 saturated carbocycles. The first-order valence-electron chi connectivity index (χ1n) is 6.09. The molecule has 1 aliphatic heterocycles. The van der Waals surface area contributed by atoms with Gasteiger partial charge < -0.3 is 10.4 Å². The van der Waals surface area contributed by atoms with Gasteiger partial charge >= 0.3 is 0 Å². The zero-order valence-corrected chi connectivity index (χ0v) is 11.7. The van der Waals surface area contributed by atoms with Crippen LogP contribution in [0.1, 0.15) is 12.8 Å². The van der Waals surface area contributed by atoms with Crippen molar-refractivity contribution in [2.24, 2.45) is 0 Å². The molecule has 1 fully saturated rings. The first-order valence-corrected chi connectivity index (χ1v) is 6.88. The molecular formula is C13H17BrN2O2. The Morgan fingerprint density at radius 1 is 1.44 bits per heavy atom. The van der Waals surface area contributed by atoms with Gasteiger partial charge in [-0.05, 0) is 43.7 Å². The average molecular weight is 313 g/mol. The highest BCUT2D eigenvalue weighted by Crippen LogP contribution is 2.17. The van der Waals surface area contributed by atoms with Gasteiger partial charge in [-0.3, -0.25) is 9.69 Å². The fraction of sp³-hybridized carbons (Fsp3) is 0.462. The number of hydrogen-bond donors (Lipinski definition) is 2. The van der Waals surface area contributed by atoms with Crippen LogP contribution in [0, 0.1) is 0 Å². The van der Waals surface area contributed by atoms with Gasteiger partial charge in [0.15, 0.2) is 0 Å². The second-order valence-corrected chi connectivity index (χ2v) is 5.42. The number of hydrogen-bond acceptors (Lipinski definition) is 3. The summed E-state index contributed by atoms with van der Waals surface area (Å²) in [7, 11) is 0. The van der Waals surface area contributed by atoms with Gasteiger partial charge in [-0.1, -0.05) is 15.9 Å². The maximum absolute atomic E-state index is 11.9. The highest BCUT2D eigenvalue weighted by molar-refractivity contribution is 9.10. The van der Waals surface area contributed by atoms with E-state index in [0.717, 1.165) is 29.5 Å². The summed E-state index contributed by atoms with van der Waals surface area (Å²) in [5, 5.41) is 12.0. The standard InChI is InChI=1S/C13H17BrN2O2/c14-10-3-5-11(6-4-10)15-13(18)8-16-7-1-2-12(16)9-17/h3-6,12,17H,1-2,7-9H2,(H,15,18)/t12-/m1/s1. The van der Waals surface area contributed by atoms with Gasteiger partial charge in [0.2, 0.25) is 5.91 Å². The van der Waals surface area contributed by atoms with Crippen molar-refractivity contribution in [3.8, 4) is 0 Å². The minimum atomic E-state index is -0.0299. The molecule has 0 spiro atoms. The number of halogens is 1. The van der Waals surface area contributed by atoms with Crippen molar-refractivity contribution in [2.75, 3.05) is 25.0 Å². The fourth-order valence-corrected chi connectivity index (χ4v) is 2.49. The lowest BCUT2D eigenvalue weighted by Gasteiger charge is -2.21. The second kappa shape index (κ2) is 6.31. The maximum atomic E-state index is 11.9. The lowest BCUT2D eigenvalue weighted by molar-refractivity contribution is -0.117. The topological polar surface area (TPSA) is 52.6 Å². The predicted molar refractivity (Wildman–Crippen MR) is 74.5 cm³/mol. The van der Waals surface area contributed by atoms with Crippen LogP contribution in [-0.2, 0) is 4.79 Å². The third-order valence-electron chi connectivity index (χ3n) is 3.18. The SMILES string of the molecule is O=C(CN1CCC[C@@H]1CO)Nc1ccc(Br)cc1. The Labute approximate surface area is 115 Å². The van der Waals surface area contributed by atoms with Gasteiger partial charge in [-0.15, -0.1) is 0 Å². The summed E-state index contributed by atoms with van der Waals surface area (Å²) in [6.07, 6.45) is 2.03. The molecule has 2 rings (SSSR count). The van der Waals surface area contributed by atoms with Crippen LogP contribution >= 0.6 is 15.9 Å². The van der Waals surface area contributed by atoms with E-state index in [0.29, 0.717) is 6.54 Å². The quantitative estimate of drug-likeness (QED) is 0.892. The van der Waals surface area contributed by atoms with E-state index in [1.54, 1.807) is 0 Å². The summed E-state index contributed by atoms with van der Waals surface area (Å²) >= 11 is 3.35. The zero-order chi connectivity index (χ0) is 13.0.